The first-order valence-corrected chi connectivity index (χ1v) is 8.21. The van der Waals surface area contributed by atoms with Gasteiger partial charge in [0.2, 0.25) is 0 Å². The molecule has 1 heterocycles. The molecule has 0 unspecified atom stereocenters. The lowest BCUT2D eigenvalue weighted by atomic mass is 10.1. The molecule has 1 atom stereocenters. The van der Waals surface area contributed by atoms with Gasteiger partial charge in [-0.3, -0.25) is 0 Å². The first-order chi connectivity index (χ1) is 10.6. The van der Waals surface area contributed by atoms with Crippen LogP contribution in [0.4, 0.5) is 16.2 Å². The van der Waals surface area contributed by atoms with Crippen molar-refractivity contribution in [2.45, 2.75) is 44.2 Å². The topological polar surface area (TPSA) is 55.8 Å². The van der Waals surface area contributed by atoms with Crippen LogP contribution in [0.1, 0.15) is 32.1 Å². The number of β-amino-alcohol motifs (C(OH)–C–C–N with tert-alkyl or cyclic N) is 1. The number of aliphatic hydroxyl groups excluding tert-OH is 1. The summed E-state index contributed by atoms with van der Waals surface area (Å²) in [6.45, 7) is 1.04. The zero-order valence-corrected chi connectivity index (χ0v) is 13.2. The van der Waals surface area contributed by atoms with Gasteiger partial charge in [0, 0.05) is 26.2 Å². The first-order valence-electron chi connectivity index (χ1n) is 8.21. The molecule has 0 aromatic heterocycles. The molecule has 2 N–H and O–H groups in total. The number of urea groups is 1. The van der Waals surface area contributed by atoms with Crippen LogP contribution in [0.15, 0.2) is 24.3 Å². The summed E-state index contributed by atoms with van der Waals surface area (Å²) < 4.78 is 0. The number of aliphatic hydroxyl groups is 1. The average molecular weight is 303 g/mol. The summed E-state index contributed by atoms with van der Waals surface area (Å²) in [5, 5.41) is 12.6. The Kier molecular flexibility index (Phi) is 4.52. The van der Waals surface area contributed by atoms with Crippen molar-refractivity contribution < 1.29 is 9.90 Å². The average Bonchev–Trinajstić information content (AvgIpc) is 3.18. The van der Waals surface area contributed by atoms with Crippen molar-refractivity contribution in [1.29, 1.82) is 0 Å². The van der Waals surface area contributed by atoms with Crippen molar-refractivity contribution in [2.75, 3.05) is 30.4 Å². The third kappa shape index (κ3) is 3.19. The minimum atomic E-state index is -0.387. The van der Waals surface area contributed by atoms with Gasteiger partial charge in [-0.05, 0) is 31.4 Å². The van der Waals surface area contributed by atoms with Gasteiger partial charge in [0.25, 0.3) is 0 Å². The molecule has 0 bridgehead atoms. The van der Waals surface area contributed by atoms with Crippen LogP contribution in [0, 0.1) is 0 Å². The highest BCUT2D eigenvalue weighted by molar-refractivity contribution is 5.93. The number of carbonyl (C=O) groups excluding carboxylic acids is 1. The summed E-state index contributed by atoms with van der Waals surface area (Å²) in [6.07, 6.45) is 5.29. The van der Waals surface area contributed by atoms with Crippen molar-refractivity contribution in [2.24, 2.45) is 0 Å². The second kappa shape index (κ2) is 6.57. The molecule has 0 radical (unpaired) electrons. The third-order valence-electron chi connectivity index (χ3n) is 4.85. The number of nitrogens with one attached hydrogen (secondary N) is 1. The van der Waals surface area contributed by atoms with E-state index in [1.165, 1.54) is 25.7 Å². The standard InChI is InChI=1S/C17H25N3O2/c1-19(13-6-2-3-7-13)16-9-5-4-8-15(16)18-17(22)20-11-10-14(21)12-20/h4-5,8-9,13-14,21H,2-3,6-7,10-12H2,1H3,(H,18,22)/t14-/m1/s1. The number of carbonyl (C=O) groups is 1. The number of anilines is 2. The Balaban J connectivity index is 1.72. The fourth-order valence-electron chi connectivity index (χ4n) is 3.50. The van der Waals surface area contributed by atoms with E-state index >= 15 is 0 Å². The van der Waals surface area contributed by atoms with Gasteiger partial charge in [-0.1, -0.05) is 25.0 Å². The number of hydrogen-bond donors (Lipinski definition) is 2. The Labute approximate surface area is 131 Å². The molecule has 1 saturated carbocycles. The highest BCUT2D eigenvalue weighted by Gasteiger charge is 2.26. The third-order valence-corrected chi connectivity index (χ3v) is 4.85. The van der Waals surface area contributed by atoms with Crippen LogP contribution >= 0.6 is 0 Å². The van der Waals surface area contributed by atoms with Gasteiger partial charge in [0.1, 0.15) is 0 Å². The van der Waals surface area contributed by atoms with Gasteiger partial charge in [-0.2, -0.15) is 0 Å². The predicted molar refractivity (Wildman–Crippen MR) is 88.3 cm³/mol. The molecule has 22 heavy (non-hydrogen) atoms. The SMILES string of the molecule is CN(c1ccccc1NC(=O)N1CC[C@@H](O)C1)C1CCCC1. The minimum absolute atomic E-state index is 0.121. The van der Waals surface area contributed by atoms with Crippen LogP contribution in [0.5, 0.6) is 0 Å². The Morgan fingerprint density at radius 2 is 2.00 bits per heavy atom. The van der Waals surface area contributed by atoms with E-state index in [1.807, 2.05) is 18.2 Å². The second-order valence-corrected chi connectivity index (χ2v) is 6.39. The van der Waals surface area contributed by atoms with Crippen LogP contribution in [-0.2, 0) is 0 Å². The quantitative estimate of drug-likeness (QED) is 0.902. The molecular weight excluding hydrogens is 278 g/mol. The van der Waals surface area contributed by atoms with Crippen molar-refractivity contribution in [1.82, 2.24) is 4.90 Å². The zero-order chi connectivity index (χ0) is 15.5. The predicted octanol–water partition coefficient (Wildman–Crippen LogP) is 2.66. The van der Waals surface area contributed by atoms with E-state index in [2.05, 4.69) is 23.3 Å². The van der Waals surface area contributed by atoms with E-state index in [0.29, 0.717) is 25.6 Å². The van der Waals surface area contributed by atoms with E-state index in [4.69, 9.17) is 0 Å². The van der Waals surface area contributed by atoms with Gasteiger partial charge in [-0.15, -0.1) is 0 Å². The molecule has 120 valence electrons. The molecule has 5 nitrogen and oxygen atoms in total. The van der Waals surface area contributed by atoms with E-state index in [-0.39, 0.29) is 12.1 Å². The van der Waals surface area contributed by atoms with Crippen LogP contribution in [-0.4, -0.2) is 48.3 Å². The number of rotatable bonds is 3. The minimum Gasteiger partial charge on any atom is -0.391 e. The molecule has 1 aromatic carbocycles. The smallest absolute Gasteiger partial charge is 0.321 e. The Hall–Kier alpha value is -1.75. The molecule has 0 spiro atoms. The van der Waals surface area contributed by atoms with E-state index < -0.39 is 0 Å². The Morgan fingerprint density at radius 1 is 1.27 bits per heavy atom. The second-order valence-electron chi connectivity index (χ2n) is 6.39. The van der Waals surface area contributed by atoms with Gasteiger partial charge in [0.15, 0.2) is 0 Å². The van der Waals surface area contributed by atoms with E-state index in [0.717, 1.165) is 11.4 Å². The van der Waals surface area contributed by atoms with E-state index in [1.54, 1.807) is 4.90 Å². The van der Waals surface area contributed by atoms with Crippen molar-refractivity contribution in [3.63, 3.8) is 0 Å². The molecule has 1 aromatic rings. The number of amides is 2. The van der Waals surface area contributed by atoms with Crippen LogP contribution in [0.2, 0.25) is 0 Å². The molecular formula is C17H25N3O2. The summed E-state index contributed by atoms with van der Waals surface area (Å²) in [7, 11) is 2.11. The van der Waals surface area contributed by atoms with Crippen molar-refractivity contribution in [3.8, 4) is 0 Å². The van der Waals surface area contributed by atoms with Crippen LogP contribution in [0.3, 0.4) is 0 Å². The molecule has 1 aliphatic heterocycles. The van der Waals surface area contributed by atoms with Gasteiger partial charge >= 0.3 is 6.03 Å². The fraction of sp³-hybridized carbons (Fsp3) is 0.588. The van der Waals surface area contributed by atoms with Crippen molar-refractivity contribution in [3.05, 3.63) is 24.3 Å². The molecule has 2 aliphatic rings. The lowest BCUT2D eigenvalue weighted by Crippen LogP contribution is -2.35. The number of nitrogens with zero attached hydrogens (tertiary/aromatic N) is 2. The van der Waals surface area contributed by atoms with Crippen molar-refractivity contribution >= 4 is 17.4 Å². The molecule has 1 saturated heterocycles. The summed E-state index contributed by atoms with van der Waals surface area (Å²) in [5.41, 5.74) is 1.92. The molecule has 2 amide bonds. The molecule has 1 aliphatic carbocycles. The number of hydrogen-bond acceptors (Lipinski definition) is 3. The molecule has 3 rings (SSSR count). The highest BCUT2D eigenvalue weighted by Crippen LogP contribution is 2.32. The van der Waals surface area contributed by atoms with Gasteiger partial charge in [-0.25, -0.2) is 4.79 Å². The number of likely N-dealkylation sites (tertiary alicyclic amines) is 1. The lowest BCUT2D eigenvalue weighted by Gasteiger charge is -2.29. The lowest BCUT2D eigenvalue weighted by molar-refractivity contribution is 0.176. The summed E-state index contributed by atoms with van der Waals surface area (Å²) in [4.78, 5) is 16.3. The van der Waals surface area contributed by atoms with Crippen LogP contribution < -0.4 is 10.2 Å². The Bertz CT molecular complexity index is 528. The van der Waals surface area contributed by atoms with Gasteiger partial charge in [0.05, 0.1) is 17.5 Å². The number of benzene rings is 1. The van der Waals surface area contributed by atoms with Gasteiger partial charge < -0.3 is 20.2 Å². The maximum Gasteiger partial charge on any atom is 0.321 e. The highest BCUT2D eigenvalue weighted by atomic mass is 16.3. The largest absolute Gasteiger partial charge is 0.391 e. The first kappa shape index (κ1) is 15.2. The summed E-state index contributed by atoms with van der Waals surface area (Å²) >= 11 is 0. The molecule has 2 fully saturated rings. The number of para-hydroxylation sites is 2. The summed E-state index contributed by atoms with van der Waals surface area (Å²) in [6, 6.07) is 8.41. The van der Waals surface area contributed by atoms with Crippen LogP contribution in [0.25, 0.3) is 0 Å². The molecule has 5 heteroatoms. The zero-order valence-electron chi connectivity index (χ0n) is 13.2. The summed E-state index contributed by atoms with van der Waals surface area (Å²) in [5.74, 6) is 0. The Morgan fingerprint density at radius 3 is 2.68 bits per heavy atom. The van der Waals surface area contributed by atoms with E-state index in [9.17, 15) is 9.90 Å². The maximum absolute atomic E-state index is 12.3. The normalized spacial score (nSPS) is 22.1. The maximum atomic E-state index is 12.3. The monoisotopic (exact) mass is 303 g/mol. The fourth-order valence-corrected chi connectivity index (χ4v) is 3.50.